The maximum atomic E-state index is 13.5. The molecule has 1 heterocycles. The Kier molecular flexibility index (Phi) is 1.65. The molecule has 2 aliphatic carbocycles. The maximum absolute atomic E-state index is 13.5. The molecule has 2 unspecified atom stereocenters. The lowest BCUT2D eigenvalue weighted by molar-refractivity contribution is 0.622. The third kappa shape index (κ3) is 1.08. The minimum Gasteiger partial charge on any atom is -0.348 e. The molecule has 0 radical (unpaired) electrons. The van der Waals surface area contributed by atoms with Crippen LogP contribution in [0.3, 0.4) is 0 Å². The average Bonchev–Trinajstić information content (AvgIpc) is 2.71. The summed E-state index contributed by atoms with van der Waals surface area (Å²) >= 11 is 6.12. The lowest BCUT2D eigenvalue weighted by atomic mass is 9.92. The van der Waals surface area contributed by atoms with Crippen molar-refractivity contribution in [1.82, 2.24) is 9.97 Å². The number of aromatic nitrogens is 2. The van der Waals surface area contributed by atoms with E-state index in [1.165, 1.54) is 6.07 Å². The fraction of sp³-hybridized carbons (Fsp3) is 0.308. The molecule has 0 aliphatic heterocycles. The molecule has 1 N–H and O–H groups in total. The Morgan fingerprint density at radius 2 is 2.35 bits per heavy atom. The van der Waals surface area contributed by atoms with E-state index in [-0.39, 0.29) is 11.2 Å². The van der Waals surface area contributed by atoms with Crippen LogP contribution in [0.2, 0.25) is 5.02 Å². The largest absolute Gasteiger partial charge is 0.348 e. The lowest BCUT2D eigenvalue weighted by Gasteiger charge is -2.14. The van der Waals surface area contributed by atoms with Crippen LogP contribution in [0.1, 0.15) is 23.2 Å². The van der Waals surface area contributed by atoms with Crippen LogP contribution >= 0.6 is 11.6 Å². The predicted octanol–water partition coefficient (Wildman–Crippen LogP) is 3.06. The van der Waals surface area contributed by atoms with Crippen LogP contribution in [0.15, 0.2) is 24.7 Å². The molecule has 1 aromatic heterocycles. The van der Waals surface area contributed by atoms with Gasteiger partial charge in [-0.3, -0.25) is 0 Å². The molecule has 4 heteroatoms. The van der Waals surface area contributed by atoms with Gasteiger partial charge < -0.3 is 4.98 Å². The van der Waals surface area contributed by atoms with Crippen LogP contribution in [0.4, 0.5) is 4.39 Å². The zero-order chi connectivity index (χ0) is 11.6. The Labute approximate surface area is 103 Å². The predicted molar refractivity (Wildman–Crippen MR) is 62.6 cm³/mol. The van der Waals surface area contributed by atoms with Gasteiger partial charge in [0, 0.05) is 22.3 Å². The van der Waals surface area contributed by atoms with Gasteiger partial charge in [-0.2, -0.15) is 0 Å². The van der Waals surface area contributed by atoms with Crippen molar-refractivity contribution in [1.29, 1.82) is 0 Å². The van der Waals surface area contributed by atoms with Gasteiger partial charge in [0.25, 0.3) is 0 Å². The molecular formula is C13H10ClFN2. The molecule has 1 fully saturated rings. The molecule has 0 amide bonds. The summed E-state index contributed by atoms with van der Waals surface area (Å²) in [6.07, 6.45) is 5.54. The molecule has 2 aromatic rings. The highest BCUT2D eigenvalue weighted by Gasteiger charge is 2.62. The van der Waals surface area contributed by atoms with E-state index >= 15 is 0 Å². The van der Waals surface area contributed by atoms with Crippen molar-refractivity contribution in [3.8, 4) is 0 Å². The first-order chi connectivity index (χ1) is 8.22. The SMILES string of the molecule is Fc1cc(Cl)c2c(c1)C1(c3cnc[nH]3)CC1C2. The summed E-state index contributed by atoms with van der Waals surface area (Å²) in [5, 5.41) is 0.561. The molecule has 4 rings (SSSR count). The summed E-state index contributed by atoms with van der Waals surface area (Å²) in [6.45, 7) is 0. The Hall–Kier alpha value is -1.35. The van der Waals surface area contributed by atoms with Crippen LogP contribution in [0, 0.1) is 11.7 Å². The van der Waals surface area contributed by atoms with Gasteiger partial charge in [0.05, 0.1) is 6.33 Å². The van der Waals surface area contributed by atoms with Crippen molar-refractivity contribution in [2.45, 2.75) is 18.3 Å². The molecule has 17 heavy (non-hydrogen) atoms. The van der Waals surface area contributed by atoms with Crippen LogP contribution < -0.4 is 0 Å². The number of halogens is 2. The lowest BCUT2D eigenvalue weighted by Crippen LogP contribution is -2.10. The Morgan fingerprint density at radius 1 is 1.47 bits per heavy atom. The summed E-state index contributed by atoms with van der Waals surface area (Å²) in [4.78, 5) is 7.24. The van der Waals surface area contributed by atoms with E-state index in [4.69, 9.17) is 11.6 Å². The number of hydrogen-bond acceptors (Lipinski definition) is 1. The van der Waals surface area contributed by atoms with Gasteiger partial charge in [-0.25, -0.2) is 9.37 Å². The Bertz CT molecular complexity index is 608. The normalized spacial score (nSPS) is 28.9. The summed E-state index contributed by atoms with van der Waals surface area (Å²) in [5.41, 5.74) is 3.20. The van der Waals surface area contributed by atoms with Gasteiger partial charge in [0.2, 0.25) is 0 Å². The minimum absolute atomic E-state index is 0.0441. The van der Waals surface area contributed by atoms with E-state index in [0.29, 0.717) is 10.9 Å². The van der Waals surface area contributed by atoms with Crippen LogP contribution in [0.5, 0.6) is 0 Å². The molecule has 0 spiro atoms. The molecular weight excluding hydrogens is 239 g/mol. The maximum Gasteiger partial charge on any atom is 0.125 e. The second kappa shape index (κ2) is 2.91. The van der Waals surface area contributed by atoms with Crippen molar-refractivity contribution in [2.24, 2.45) is 5.92 Å². The quantitative estimate of drug-likeness (QED) is 0.826. The van der Waals surface area contributed by atoms with E-state index in [0.717, 1.165) is 29.7 Å². The van der Waals surface area contributed by atoms with Crippen molar-refractivity contribution < 1.29 is 4.39 Å². The topological polar surface area (TPSA) is 28.7 Å². The van der Waals surface area contributed by atoms with Gasteiger partial charge in [-0.05, 0) is 42.0 Å². The molecule has 2 nitrogen and oxygen atoms in total. The van der Waals surface area contributed by atoms with Gasteiger partial charge in [-0.1, -0.05) is 11.6 Å². The van der Waals surface area contributed by atoms with Gasteiger partial charge in [0.1, 0.15) is 5.82 Å². The standard InChI is InChI=1S/C13H10ClFN2/c14-11-3-8(15)2-10-9(11)1-7-4-13(7,10)12-5-16-6-17-12/h2-3,5-7H,1,4H2,(H,16,17). The monoisotopic (exact) mass is 248 g/mol. The van der Waals surface area contributed by atoms with E-state index in [1.54, 1.807) is 12.4 Å². The van der Waals surface area contributed by atoms with E-state index in [2.05, 4.69) is 9.97 Å². The van der Waals surface area contributed by atoms with Crippen molar-refractivity contribution in [3.05, 3.63) is 52.3 Å². The molecule has 2 aliphatic rings. The summed E-state index contributed by atoms with van der Waals surface area (Å²) < 4.78 is 13.5. The number of nitrogens with one attached hydrogen (secondary N) is 1. The second-order valence-corrected chi connectivity index (χ2v) is 5.36. The number of hydrogen-bond donors (Lipinski definition) is 1. The first-order valence-electron chi connectivity index (χ1n) is 5.69. The van der Waals surface area contributed by atoms with Crippen LogP contribution in [-0.2, 0) is 11.8 Å². The highest BCUT2D eigenvalue weighted by molar-refractivity contribution is 6.31. The summed E-state index contributed by atoms with van der Waals surface area (Å²) in [6, 6.07) is 3.04. The number of imidazole rings is 1. The van der Waals surface area contributed by atoms with Gasteiger partial charge in [-0.15, -0.1) is 0 Å². The zero-order valence-corrected chi connectivity index (χ0v) is 9.76. The van der Waals surface area contributed by atoms with Crippen molar-refractivity contribution in [3.63, 3.8) is 0 Å². The molecule has 0 bridgehead atoms. The Balaban J connectivity index is 1.97. The number of benzene rings is 1. The third-order valence-corrected chi connectivity index (χ3v) is 4.51. The van der Waals surface area contributed by atoms with E-state index in [9.17, 15) is 4.39 Å². The summed E-state index contributed by atoms with van der Waals surface area (Å²) in [5.74, 6) is 0.303. The van der Waals surface area contributed by atoms with Crippen molar-refractivity contribution in [2.75, 3.05) is 0 Å². The molecule has 1 saturated carbocycles. The highest BCUT2D eigenvalue weighted by Crippen LogP contribution is 2.65. The molecule has 86 valence electrons. The van der Waals surface area contributed by atoms with Crippen molar-refractivity contribution >= 4 is 11.6 Å². The first kappa shape index (κ1) is 9.66. The smallest absolute Gasteiger partial charge is 0.125 e. The van der Waals surface area contributed by atoms with Crippen LogP contribution in [0.25, 0.3) is 0 Å². The number of rotatable bonds is 1. The second-order valence-electron chi connectivity index (χ2n) is 4.96. The van der Waals surface area contributed by atoms with Gasteiger partial charge in [0.15, 0.2) is 0 Å². The molecule has 2 atom stereocenters. The Morgan fingerprint density at radius 3 is 3.12 bits per heavy atom. The first-order valence-corrected chi connectivity index (χ1v) is 6.07. The number of nitrogens with zero attached hydrogens (tertiary/aromatic N) is 1. The van der Waals surface area contributed by atoms with E-state index < -0.39 is 0 Å². The average molecular weight is 249 g/mol. The number of aromatic amines is 1. The number of H-pyrrole nitrogens is 1. The molecule has 1 aromatic carbocycles. The highest BCUT2D eigenvalue weighted by atomic mass is 35.5. The minimum atomic E-state index is -0.250. The zero-order valence-electron chi connectivity index (χ0n) is 9.00. The number of fused-ring (bicyclic) bond motifs is 3. The third-order valence-electron chi connectivity index (χ3n) is 4.18. The van der Waals surface area contributed by atoms with Gasteiger partial charge >= 0.3 is 0 Å². The summed E-state index contributed by atoms with van der Waals surface area (Å²) in [7, 11) is 0. The fourth-order valence-electron chi connectivity index (χ4n) is 3.34. The van der Waals surface area contributed by atoms with Crippen LogP contribution in [-0.4, -0.2) is 9.97 Å². The molecule has 0 saturated heterocycles. The van der Waals surface area contributed by atoms with E-state index in [1.807, 2.05) is 6.20 Å². The fourth-order valence-corrected chi connectivity index (χ4v) is 3.62.